The number of likely N-dealkylation sites (N-methyl/N-ethyl adjacent to an activating group) is 1. The van der Waals surface area contributed by atoms with Crippen molar-refractivity contribution in [2.45, 2.75) is 9.79 Å². The summed E-state index contributed by atoms with van der Waals surface area (Å²) in [5.74, 6) is -2.05. The molecule has 15 heteroatoms. The molecule has 6 N–H and O–H groups in total. The number of aromatic hydroxyl groups is 2. The first kappa shape index (κ1) is 25.0. The summed E-state index contributed by atoms with van der Waals surface area (Å²) >= 11 is 0. The van der Waals surface area contributed by atoms with Crippen molar-refractivity contribution in [2.75, 3.05) is 18.9 Å². The lowest BCUT2D eigenvalue weighted by Gasteiger charge is -2.11. The van der Waals surface area contributed by atoms with Gasteiger partial charge in [-0.05, 0) is 48.8 Å². The largest absolute Gasteiger partial charge is 0.505 e. The van der Waals surface area contributed by atoms with E-state index in [0.29, 0.717) is 0 Å². The quantitative estimate of drug-likeness (QED) is 0.201. The van der Waals surface area contributed by atoms with E-state index >= 15 is 0 Å². The van der Waals surface area contributed by atoms with Gasteiger partial charge in [-0.25, -0.2) is 0 Å². The van der Waals surface area contributed by atoms with Crippen LogP contribution in [0, 0.1) is 0 Å². The van der Waals surface area contributed by atoms with Crippen LogP contribution in [0.1, 0.15) is 0 Å². The summed E-state index contributed by atoms with van der Waals surface area (Å²) in [6.07, 6.45) is 0. The average molecular weight is 511 g/mol. The Morgan fingerprint density at radius 3 is 2.21 bits per heavy atom. The number of rotatable bonds is 7. The molecule has 3 aromatic carbocycles. The Morgan fingerprint density at radius 1 is 0.912 bits per heavy atom. The molecular formula is C19H18N4O9S2. The Labute approximate surface area is 193 Å². The number of nitrogens with one attached hydrogen (secondary N) is 2. The van der Waals surface area contributed by atoms with E-state index in [2.05, 4.69) is 20.9 Å². The zero-order valence-electron chi connectivity index (χ0n) is 17.3. The minimum absolute atomic E-state index is 0.0184. The van der Waals surface area contributed by atoms with E-state index in [-0.39, 0.29) is 28.9 Å². The lowest BCUT2D eigenvalue weighted by atomic mass is 10.1. The summed E-state index contributed by atoms with van der Waals surface area (Å²) in [7, 11) is -8.17. The molecule has 0 aliphatic carbocycles. The van der Waals surface area contributed by atoms with Crippen molar-refractivity contribution in [3.63, 3.8) is 0 Å². The van der Waals surface area contributed by atoms with E-state index in [1.54, 1.807) is 7.05 Å². The first-order valence-corrected chi connectivity index (χ1v) is 12.1. The van der Waals surface area contributed by atoms with Crippen molar-refractivity contribution in [1.82, 2.24) is 5.32 Å². The van der Waals surface area contributed by atoms with Gasteiger partial charge in [0.1, 0.15) is 21.2 Å². The zero-order valence-corrected chi connectivity index (χ0v) is 18.9. The van der Waals surface area contributed by atoms with Gasteiger partial charge in [0.25, 0.3) is 20.2 Å². The van der Waals surface area contributed by atoms with Gasteiger partial charge in [-0.2, -0.15) is 16.8 Å². The molecule has 0 heterocycles. The van der Waals surface area contributed by atoms with Gasteiger partial charge in [0.05, 0.1) is 6.54 Å². The number of azo groups is 1. The molecule has 34 heavy (non-hydrogen) atoms. The lowest BCUT2D eigenvalue weighted by Crippen LogP contribution is -2.24. The predicted molar refractivity (Wildman–Crippen MR) is 120 cm³/mol. The van der Waals surface area contributed by atoms with E-state index in [0.717, 1.165) is 24.3 Å². The molecule has 0 spiro atoms. The topological polar surface area (TPSA) is 215 Å². The summed E-state index contributed by atoms with van der Waals surface area (Å²) in [4.78, 5) is 10.1. The van der Waals surface area contributed by atoms with E-state index in [9.17, 15) is 36.4 Å². The Balaban J connectivity index is 2.16. The number of fused-ring (bicyclic) bond motifs is 1. The molecule has 0 atom stereocenters. The fourth-order valence-electron chi connectivity index (χ4n) is 2.99. The molecule has 1 amide bonds. The van der Waals surface area contributed by atoms with Gasteiger partial charge in [0.15, 0.2) is 11.5 Å². The van der Waals surface area contributed by atoms with E-state index in [1.165, 1.54) is 18.2 Å². The number of amides is 1. The Bertz CT molecular complexity index is 1540. The van der Waals surface area contributed by atoms with Crippen LogP contribution in [0.25, 0.3) is 10.8 Å². The zero-order chi connectivity index (χ0) is 25.3. The van der Waals surface area contributed by atoms with Gasteiger partial charge in [-0.15, -0.1) is 10.2 Å². The van der Waals surface area contributed by atoms with Gasteiger partial charge in [0, 0.05) is 11.1 Å². The summed E-state index contributed by atoms with van der Waals surface area (Å²) in [5.41, 5.74) is -0.883. The normalized spacial score (nSPS) is 12.3. The molecule has 0 bridgehead atoms. The number of nitrogens with zero attached hydrogens (tertiary/aromatic N) is 2. The molecule has 13 nitrogen and oxygen atoms in total. The van der Waals surface area contributed by atoms with Crippen LogP contribution in [0.15, 0.2) is 62.5 Å². The maximum absolute atomic E-state index is 12.0. The average Bonchev–Trinajstić information content (AvgIpc) is 2.72. The number of para-hydroxylation sites is 1. The third-order valence-electron chi connectivity index (χ3n) is 4.46. The van der Waals surface area contributed by atoms with Gasteiger partial charge in [-0.3, -0.25) is 13.9 Å². The molecule has 0 aliphatic heterocycles. The van der Waals surface area contributed by atoms with Crippen molar-refractivity contribution >= 4 is 54.0 Å². The lowest BCUT2D eigenvalue weighted by molar-refractivity contribution is -0.115. The minimum atomic E-state index is -4.95. The van der Waals surface area contributed by atoms with Gasteiger partial charge in [0.2, 0.25) is 5.91 Å². The van der Waals surface area contributed by atoms with Gasteiger partial charge >= 0.3 is 0 Å². The summed E-state index contributed by atoms with van der Waals surface area (Å²) < 4.78 is 65.4. The van der Waals surface area contributed by atoms with E-state index < -0.39 is 52.9 Å². The molecule has 3 aromatic rings. The maximum Gasteiger partial charge on any atom is 0.298 e. The van der Waals surface area contributed by atoms with E-state index in [1.807, 2.05) is 0 Å². The number of carbonyl (C=O) groups excluding carboxylic acids is 1. The van der Waals surface area contributed by atoms with Crippen LogP contribution in [-0.2, 0) is 25.0 Å². The third-order valence-corrected chi connectivity index (χ3v) is 6.22. The van der Waals surface area contributed by atoms with Crippen molar-refractivity contribution in [1.29, 1.82) is 0 Å². The van der Waals surface area contributed by atoms with Crippen LogP contribution in [0.2, 0.25) is 0 Å². The highest BCUT2D eigenvalue weighted by Gasteiger charge is 2.23. The molecule has 0 fully saturated rings. The van der Waals surface area contributed by atoms with Crippen LogP contribution >= 0.6 is 0 Å². The Morgan fingerprint density at radius 2 is 1.59 bits per heavy atom. The minimum Gasteiger partial charge on any atom is -0.505 e. The monoisotopic (exact) mass is 510 g/mol. The van der Waals surface area contributed by atoms with E-state index in [4.69, 9.17) is 4.55 Å². The van der Waals surface area contributed by atoms with Crippen LogP contribution in [0.4, 0.5) is 17.1 Å². The summed E-state index contributed by atoms with van der Waals surface area (Å²) in [6.45, 7) is 0.0184. The van der Waals surface area contributed by atoms with Crippen LogP contribution in [-0.4, -0.2) is 55.7 Å². The maximum atomic E-state index is 12.0. The molecule has 0 aliphatic rings. The number of hydrogen-bond acceptors (Lipinski definition) is 10. The number of anilines is 1. The van der Waals surface area contributed by atoms with Gasteiger partial charge in [-0.1, -0.05) is 6.07 Å². The second-order valence-corrected chi connectivity index (χ2v) is 9.64. The summed E-state index contributed by atoms with van der Waals surface area (Å²) in [5, 5.41) is 33.3. The molecular weight excluding hydrogens is 492 g/mol. The number of benzene rings is 3. The number of hydrogen-bond donors (Lipinski definition) is 6. The smallest absolute Gasteiger partial charge is 0.298 e. The molecule has 0 aromatic heterocycles. The number of phenols is 2. The second kappa shape index (κ2) is 9.32. The van der Waals surface area contributed by atoms with Crippen LogP contribution in [0.5, 0.6) is 11.5 Å². The highest BCUT2D eigenvalue weighted by Crippen LogP contribution is 2.43. The first-order valence-electron chi connectivity index (χ1n) is 9.26. The standard InChI is InChI=1S/C19H18N4O9S2/c1-20-9-16(24)21-11-5-6-12-10(7-11)8-15(34(30,31)32)17(18(12)25)23-22-13-3-2-4-14(19(13)26)33(27,28)29/h2-8,20,25-26H,9H2,1H3,(H,21,24)(H,27,28,29)(H,30,31,32). The van der Waals surface area contributed by atoms with Crippen LogP contribution < -0.4 is 10.6 Å². The van der Waals surface area contributed by atoms with Crippen LogP contribution in [0.3, 0.4) is 0 Å². The Hall–Kier alpha value is -3.63. The fraction of sp³-hybridized carbons (Fsp3) is 0.105. The SMILES string of the molecule is CNCC(=O)Nc1ccc2c(O)c(N=Nc3cccc(S(=O)(=O)O)c3O)c(S(=O)(=O)O)cc2c1. The molecule has 0 saturated carbocycles. The second-order valence-electron chi connectivity index (χ2n) is 6.86. The highest BCUT2D eigenvalue weighted by atomic mass is 32.2. The molecule has 180 valence electrons. The molecule has 0 radical (unpaired) electrons. The third kappa shape index (κ3) is 5.29. The first-order chi connectivity index (χ1) is 15.8. The van der Waals surface area contributed by atoms with Crippen molar-refractivity contribution in [2.24, 2.45) is 10.2 Å². The number of phenolic OH excluding ortho intramolecular Hbond substituents is 2. The highest BCUT2D eigenvalue weighted by molar-refractivity contribution is 7.86. The van der Waals surface area contributed by atoms with Crippen molar-refractivity contribution in [3.8, 4) is 11.5 Å². The van der Waals surface area contributed by atoms with Crippen molar-refractivity contribution < 1.29 is 40.9 Å². The Kier molecular flexibility index (Phi) is 6.85. The predicted octanol–water partition coefficient (Wildman–Crippen LogP) is 2.32. The molecule has 3 rings (SSSR count). The van der Waals surface area contributed by atoms with Crippen molar-refractivity contribution in [3.05, 3.63) is 42.5 Å². The summed E-state index contributed by atoms with van der Waals surface area (Å²) in [6, 6.07) is 8.28. The molecule has 0 unspecified atom stereocenters. The van der Waals surface area contributed by atoms with Gasteiger partial charge < -0.3 is 20.8 Å². The molecule has 0 saturated heterocycles. The number of carbonyl (C=O) groups is 1. The fourth-order valence-corrected chi connectivity index (χ4v) is 4.25.